The van der Waals surface area contributed by atoms with E-state index in [2.05, 4.69) is 31.5 Å². The summed E-state index contributed by atoms with van der Waals surface area (Å²) in [7, 11) is -3.82. The summed E-state index contributed by atoms with van der Waals surface area (Å²) in [6.45, 7) is 1.59. The van der Waals surface area contributed by atoms with E-state index < -0.39 is 25.7 Å². The Hall–Kier alpha value is -0.450. The molecule has 1 atom stereocenters. The molecule has 2 rings (SSSR count). The summed E-state index contributed by atoms with van der Waals surface area (Å²) in [6.07, 6.45) is 0.294. The smallest absolute Gasteiger partial charge is 0.257 e. The van der Waals surface area contributed by atoms with Crippen LogP contribution in [0.4, 0.5) is 0 Å². The number of nitrogens with one attached hydrogen (secondary N) is 3. The van der Waals surface area contributed by atoms with E-state index in [1.54, 1.807) is 19.1 Å². The zero-order valence-electron chi connectivity index (χ0n) is 11.7. The average molecular weight is 461 g/mol. The number of amides is 1. The van der Waals surface area contributed by atoms with Crippen molar-refractivity contribution in [1.29, 1.82) is 0 Å². The Morgan fingerprint density at radius 2 is 1.83 bits per heavy atom. The van der Waals surface area contributed by atoms with Gasteiger partial charge in [0.2, 0.25) is 5.91 Å². The molecule has 0 heterocycles. The van der Waals surface area contributed by atoms with Gasteiger partial charge < -0.3 is 5.32 Å². The van der Waals surface area contributed by atoms with E-state index in [0.29, 0.717) is 6.42 Å². The highest BCUT2D eigenvalue weighted by molar-refractivity contribution is 9.10. The van der Waals surface area contributed by atoms with Crippen LogP contribution in [0, 0.1) is 5.41 Å². The van der Waals surface area contributed by atoms with Crippen molar-refractivity contribution >= 4 is 72.4 Å². The third-order valence-corrected chi connectivity index (χ3v) is 6.51. The SMILES string of the molecule is C[C@@]1(C(=O)NC(=S)NNS(=O)(=O)c2ccc(Br)cc2)CC1(Cl)Cl. The summed E-state index contributed by atoms with van der Waals surface area (Å²) in [5, 5.41) is 2.15. The van der Waals surface area contributed by atoms with Crippen LogP contribution in [-0.4, -0.2) is 23.8 Å². The second-order valence-corrected chi connectivity index (χ2v) is 9.67. The third kappa shape index (κ3) is 4.15. The molecule has 23 heavy (non-hydrogen) atoms. The molecule has 1 saturated carbocycles. The number of sulfonamides is 1. The molecule has 11 heteroatoms. The molecule has 0 spiro atoms. The van der Waals surface area contributed by atoms with Crippen molar-refractivity contribution in [2.45, 2.75) is 22.6 Å². The average Bonchev–Trinajstić information content (AvgIpc) is 2.97. The fourth-order valence-corrected chi connectivity index (χ4v) is 3.73. The van der Waals surface area contributed by atoms with Gasteiger partial charge in [0.05, 0.1) is 10.3 Å². The summed E-state index contributed by atoms with van der Waals surface area (Å²) < 4.78 is 23.7. The summed E-state index contributed by atoms with van der Waals surface area (Å²) in [5.41, 5.74) is 1.31. The van der Waals surface area contributed by atoms with E-state index in [1.807, 2.05) is 0 Å². The fraction of sp³-hybridized carbons (Fsp3) is 0.333. The number of carbonyl (C=O) groups is 1. The highest BCUT2D eigenvalue weighted by atomic mass is 79.9. The molecule has 0 radical (unpaired) electrons. The molecule has 0 unspecified atom stereocenters. The molecule has 1 aromatic rings. The molecule has 1 aromatic carbocycles. The Kier molecular flexibility index (Phi) is 5.30. The summed E-state index contributed by atoms with van der Waals surface area (Å²) >= 11 is 19.9. The van der Waals surface area contributed by atoms with Crippen molar-refractivity contribution in [2.75, 3.05) is 0 Å². The minimum Gasteiger partial charge on any atom is -0.302 e. The van der Waals surface area contributed by atoms with Crippen molar-refractivity contribution in [1.82, 2.24) is 15.6 Å². The van der Waals surface area contributed by atoms with Gasteiger partial charge >= 0.3 is 0 Å². The maximum absolute atomic E-state index is 12.0. The molecule has 0 saturated heterocycles. The topological polar surface area (TPSA) is 87.3 Å². The first-order valence-corrected chi connectivity index (χ1v) is 9.69. The minimum absolute atomic E-state index is 0.0389. The van der Waals surface area contributed by atoms with Crippen molar-refractivity contribution in [3.05, 3.63) is 28.7 Å². The fourth-order valence-electron chi connectivity index (χ4n) is 1.70. The molecule has 1 fully saturated rings. The normalized spacial score (nSPS) is 22.3. The maximum Gasteiger partial charge on any atom is 0.257 e. The van der Waals surface area contributed by atoms with Gasteiger partial charge in [-0.3, -0.25) is 10.2 Å². The predicted molar refractivity (Wildman–Crippen MR) is 95.5 cm³/mol. The van der Waals surface area contributed by atoms with Crippen LogP contribution in [0.15, 0.2) is 33.6 Å². The molecule has 1 aliphatic rings. The van der Waals surface area contributed by atoms with Gasteiger partial charge in [-0.1, -0.05) is 15.9 Å². The van der Waals surface area contributed by atoms with Crippen molar-refractivity contribution in [2.24, 2.45) is 5.41 Å². The highest BCUT2D eigenvalue weighted by Crippen LogP contribution is 2.63. The van der Waals surface area contributed by atoms with Crippen molar-refractivity contribution < 1.29 is 13.2 Å². The first-order valence-electron chi connectivity index (χ1n) is 6.25. The van der Waals surface area contributed by atoms with E-state index in [1.165, 1.54) is 12.1 Å². The number of rotatable bonds is 4. The molecule has 0 aromatic heterocycles. The van der Waals surface area contributed by atoms with Crippen LogP contribution >= 0.6 is 51.3 Å². The first kappa shape index (κ1) is 18.9. The van der Waals surface area contributed by atoms with Crippen LogP contribution < -0.4 is 15.6 Å². The maximum atomic E-state index is 12.0. The summed E-state index contributed by atoms with van der Waals surface area (Å²) in [5.74, 6) is -0.483. The number of benzene rings is 1. The quantitative estimate of drug-likeness (QED) is 0.364. The second kappa shape index (κ2) is 6.45. The van der Waals surface area contributed by atoms with E-state index in [9.17, 15) is 13.2 Å². The van der Waals surface area contributed by atoms with Gasteiger partial charge in [-0.05, 0) is 49.8 Å². The van der Waals surface area contributed by atoms with Gasteiger partial charge in [0, 0.05) is 4.47 Å². The molecule has 6 nitrogen and oxygen atoms in total. The molecular formula is C12H12BrCl2N3O3S2. The number of hydrogen-bond acceptors (Lipinski definition) is 4. The zero-order valence-corrected chi connectivity index (χ0v) is 16.4. The Balaban J connectivity index is 1.92. The number of thiocarbonyl (C=S) groups is 1. The van der Waals surface area contributed by atoms with E-state index >= 15 is 0 Å². The van der Waals surface area contributed by atoms with E-state index in [0.717, 1.165) is 4.47 Å². The molecule has 0 aliphatic heterocycles. The van der Waals surface area contributed by atoms with Crippen LogP contribution in [0.3, 0.4) is 0 Å². The van der Waals surface area contributed by atoms with Crippen LogP contribution in [-0.2, 0) is 14.8 Å². The molecule has 0 bridgehead atoms. The van der Waals surface area contributed by atoms with Gasteiger partial charge in [-0.2, -0.15) is 0 Å². The standard InChI is InChI=1S/C12H12BrCl2N3O3S2/c1-11(6-12(11,14)15)9(19)16-10(22)17-18-23(20,21)8-4-2-7(13)3-5-8/h2-5,18H,6H2,1H3,(H2,16,17,19,22)/t11-/m0/s1. The lowest BCUT2D eigenvalue weighted by atomic mass is 10.1. The van der Waals surface area contributed by atoms with Gasteiger partial charge in [0.25, 0.3) is 10.0 Å². The molecular weight excluding hydrogens is 449 g/mol. The van der Waals surface area contributed by atoms with Gasteiger partial charge in [-0.15, -0.1) is 28.0 Å². The molecule has 3 N–H and O–H groups in total. The highest BCUT2D eigenvalue weighted by Gasteiger charge is 2.68. The minimum atomic E-state index is -3.82. The van der Waals surface area contributed by atoms with Crippen molar-refractivity contribution in [3.63, 3.8) is 0 Å². The number of hydrazine groups is 1. The Bertz CT molecular complexity index is 755. The summed E-state index contributed by atoms with van der Waals surface area (Å²) in [4.78, 5) is 14.1. The Morgan fingerprint density at radius 3 is 2.30 bits per heavy atom. The summed E-state index contributed by atoms with van der Waals surface area (Å²) in [6, 6.07) is 6.00. The third-order valence-electron chi connectivity index (χ3n) is 3.41. The monoisotopic (exact) mass is 459 g/mol. The second-order valence-electron chi connectivity index (χ2n) is 5.18. The Morgan fingerprint density at radius 1 is 1.30 bits per heavy atom. The Labute approximate surface area is 157 Å². The molecule has 126 valence electrons. The lowest BCUT2D eigenvalue weighted by Crippen LogP contribution is -2.50. The van der Waals surface area contributed by atoms with Crippen molar-refractivity contribution in [3.8, 4) is 0 Å². The number of halogens is 3. The molecule has 1 aliphatic carbocycles. The van der Waals surface area contributed by atoms with E-state index in [-0.39, 0.29) is 10.0 Å². The van der Waals surface area contributed by atoms with Crippen LogP contribution in [0.1, 0.15) is 13.3 Å². The van der Waals surface area contributed by atoms with Gasteiger partial charge in [0.15, 0.2) is 5.11 Å². The first-order chi connectivity index (χ1) is 10.5. The lowest BCUT2D eigenvalue weighted by Gasteiger charge is -2.15. The van der Waals surface area contributed by atoms with Crippen LogP contribution in [0.5, 0.6) is 0 Å². The van der Waals surface area contributed by atoms with Gasteiger partial charge in [0.1, 0.15) is 4.33 Å². The number of alkyl halides is 2. The number of hydrogen-bond donors (Lipinski definition) is 3. The predicted octanol–water partition coefficient (Wildman–Crippen LogP) is 2.22. The molecule has 1 amide bonds. The zero-order chi connectivity index (χ0) is 17.5. The van der Waals surface area contributed by atoms with E-state index in [4.69, 9.17) is 35.4 Å². The lowest BCUT2D eigenvalue weighted by molar-refractivity contribution is -0.124. The largest absolute Gasteiger partial charge is 0.302 e. The van der Waals surface area contributed by atoms with Crippen LogP contribution in [0.2, 0.25) is 0 Å². The van der Waals surface area contributed by atoms with Crippen LogP contribution in [0.25, 0.3) is 0 Å². The van der Waals surface area contributed by atoms with Gasteiger partial charge in [-0.25, -0.2) is 8.42 Å². The number of carbonyl (C=O) groups excluding carboxylic acids is 1.